The van der Waals surface area contributed by atoms with Crippen LogP contribution in [-0.2, 0) is 16.1 Å². The van der Waals surface area contributed by atoms with Crippen LogP contribution in [0.5, 0.6) is 11.5 Å². The molecule has 1 N–H and O–H groups in total. The molecule has 0 saturated heterocycles. The van der Waals surface area contributed by atoms with Crippen molar-refractivity contribution in [2.45, 2.75) is 52.1 Å². The zero-order valence-electron chi connectivity index (χ0n) is 19.1. The topological polar surface area (TPSA) is 67.9 Å². The minimum Gasteiger partial charge on any atom is -0.497 e. The number of rotatable bonds is 13. The third-order valence-electron chi connectivity index (χ3n) is 5.16. The van der Waals surface area contributed by atoms with Crippen molar-refractivity contribution in [3.05, 3.63) is 59.1 Å². The molecule has 1 atom stereocenters. The van der Waals surface area contributed by atoms with E-state index in [0.717, 1.165) is 29.9 Å². The molecule has 2 aromatic carbocycles. The lowest BCUT2D eigenvalue weighted by Crippen LogP contribution is -2.47. The number of carbonyl (C=O) groups is 2. The normalized spacial score (nSPS) is 11.5. The van der Waals surface area contributed by atoms with Gasteiger partial charge >= 0.3 is 0 Å². The summed E-state index contributed by atoms with van der Waals surface area (Å²) in [6, 6.07) is 14.1. The van der Waals surface area contributed by atoms with Crippen LogP contribution < -0.4 is 14.8 Å². The largest absolute Gasteiger partial charge is 0.497 e. The van der Waals surface area contributed by atoms with E-state index in [9.17, 15) is 9.59 Å². The SMILES string of the molecule is CCCCNC(=O)[C@@H](C)N(Cc1ccccc1Cl)C(=O)CCCOc1ccc(OC)cc1. The van der Waals surface area contributed by atoms with Crippen LogP contribution in [0, 0.1) is 0 Å². The summed E-state index contributed by atoms with van der Waals surface area (Å²) in [5.74, 6) is 1.21. The van der Waals surface area contributed by atoms with Gasteiger partial charge in [0.15, 0.2) is 0 Å². The molecule has 0 aliphatic heterocycles. The van der Waals surface area contributed by atoms with Gasteiger partial charge in [-0.25, -0.2) is 0 Å². The highest BCUT2D eigenvalue weighted by Gasteiger charge is 2.26. The van der Waals surface area contributed by atoms with Crippen molar-refractivity contribution in [2.24, 2.45) is 0 Å². The maximum atomic E-state index is 13.1. The van der Waals surface area contributed by atoms with Crippen LogP contribution in [0.2, 0.25) is 5.02 Å². The monoisotopic (exact) mass is 460 g/mol. The number of unbranched alkanes of at least 4 members (excludes halogenated alkanes) is 1. The van der Waals surface area contributed by atoms with Gasteiger partial charge in [0.2, 0.25) is 11.8 Å². The lowest BCUT2D eigenvalue weighted by molar-refractivity contribution is -0.140. The van der Waals surface area contributed by atoms with E-state index in [4.69, 9.17) is 21.1 Å². The van der Waals surface area contributed by atoms with Crippen LogP contribution in [0.4, 0.5) is 0 Å². The minimum atomic E-state index is -0.599. The Labute approximate surface area is 195 Å². The summed E-state index contributed by atoms with van der Waals surface area (Å²) in [6.07, 6.45) is 2.70. The summed E-state index contributed by atoms with van der Waals surface area (Å²) in [5.41, 5.74) is 0.810. The summed E-state index contributed by atoms with van der Waals surface area (Å²) in [5, 5.41) is 3.49. The van der Waals surface area contributed by atoms with E-state index >= 15 is 0 Å². The Morgan fingerprint density at radius 1 is 1.06 bits per heavy atom. The van der Waals surface area contributed by atoms with Gasteiger partial charge in [0.05, 0.1) is 13.7 Å². The highest BCUT2D eigenvalue weighted by Crippen LogP contribution is 2.20. The van der Waals surface area contributed by atoms with Gasteiger partial charge in [-0.1, -0.05) is 43.1 Å². The third kappa shape index (κ3) is 8.08. The molecule has 0 aromatic heterocycles. The van der Waals surface area contributed by atoms with Crippen LogP contribution in [-0.4, -0.2) is 43.0 Å². The molecule has 6 nitrogen and oxygen atoms in total. The number of ether oxygens (including phenoxy) is 2. The second-order valence-electron chi connectivity index (χ2n) is 7.56. The van der Waals surface area contributed by atoms with Gasteiger partial charge in [-0.3, -0.25) is 9.59 Å². The molecule has 2 aromatic rings. The van der Waals surface area contributed by atoms with Crippen molar-refractivity contribution in [3.8, 4) is 11.5 Å². The maximum absolute atomic E-state index is 13.1. The smallest absolute Gasteiger partial charge is 0.242 e. The molecule has 32 heavy (non-hydrogen) atoms. The average molecular weight is 461 g/mol. The molecule has 0 radical (unpaired) electrons. The van der Waals surface area contributed by atoms with E-state index in [2.05, 4.69) is 12.2 Å². The van der Waals surface area contributed by atoms with E-state index in [1.807, 2.05) is 42.5 Å². The number of methoxy groups -OCH3 is 1. The van der Waals surface area contributed by atoms with Crippen molar-refractivity contribution in [1.82, 2.24) is 10.2 Å². The molecule has 0 unspecified atom stereocenters. The van der Waals surface area contributed by atoms with Crippen LogP contribution in [0.1, 0.15) is 45.1 Å². The van der Waals surface area contributed by atoms with Gasteiger partial charge in [0, 0.05) is 24.5 Å². The first-order valence-corrected chi connectivity index (χ1v) is 11.4. The van der Waals surface area contributed by atoms with E-state index in [1.165, 1.54) is 0 Å². The lowest BCUT2D eigenvalue weighted by atomic mass is 10.1. The highest BCUT2D eigenvalue weighted by molar-refractivity contribution is 6.31. The van der Waals surface area contributed by atoms with Crippen LogP contribution >= 0.6 is 11.6 Å². The van der Waals surface area contributed by atoms with Gasteiger partial charge in [-0.2, -0.15) is 0 Å². The summed E-state index contributed by atoms with van der Waals surface area (Å²) in [4.78, 5) is 27.3. The maximum Gasteiger partial charge on any atom is 0.242 e. The molecule has 2 amide bonds. The molecule has 174 valence electrons. The molecule has 0 saturated carbocycles. The standard InChI is InChI=1S/C25H33ClN2O4/c1-4-5-16-27-25(30)19(2)28(18-20-9-6-7-10-23(20)26)24(29)11-8-17-32-22-14-12-21(31-3)13-15-22/h6-7,9-10,12-15,19H,4-5,8,11,16-18H2,1-3H3,(H,27,30)/t19-/m1/s1. The van der Waals surface area contributed by atoms with Gasteiger partial charge in [0.1, 0.15) is 17.5 Å². The van der Waals surface area contributed by atoms with Crippen LogP contribution in [0.3, 0.4) is 0 Å². The van der Waals surface area contributed by atoms with Gasteiger partial charge in [-0.05, 0) is 55.7 Å². The van der Waals surface area contributed by atoms with Gasteiger partial charge in [-0.15, -0.1) is 0 Å². The average Bonchev–Trinajstić information content (AvgIpc) is 2.81. The highest BCUT2D eigenvalue weighted by atomic mass is 35.5. The second kappa shape index (κ2) is 13.6. The first-order chi connectivity index (χ1) is 15.5. The van der Waals surface area contributed by atoms with E-state index in [0.29, 0.717) is 24.6 Å². The predicted octanol–water partition coefficient (Wildman–Crippen LogP) is 4.84. The van der Waals surface area contributed by atoms with Gasteiger partial charge in [0.25, 0.3) is 0 Å². The quantitative estimate of drug-likeness (QED) is 0.434. The van der Waals surface area contributed by atoms with Crippen molar-refractivity contribution in [3.63, 3.8) is 0 Å². The molecule has 0 spiro atoms. The fourth-order valence-electron chi connectivity index (χ4n) is 3.16. The first kappa shape index (κ1) is 25.5. The summed E-state index contributed by atoms with van der Waals surface area (Å²) < 4.78 is 10.9. The molecule has 0 heterocycles. The number of amides is 2. The summed E-state index contributed by atoms with van der Waals surface area (Å²) in [7, 11) is 1.61. The molecule has 0 aliphatic rings. The Morgan fingerprint density at radius 2 is 1.75 bits per heavy atom. The molecular formula is C25H33ClN2O4. The van der Waals surface area contributed by atoms with Crippen molar-refractivity contribution in [1.29, 1.82) is 0 Å². The molecule has 0 fully saturated rings. The molecule has 0 aliphatic carbocycles. The van der Waals surface area contributed by atoms with Crippen molar-refractivity contribution >= 4 is 23.4 Å². The van der Waals surface area contributed by atoms with E-state index in [1.54, 1.807) is 25.0 Å². The molecule has 7 heteroatoms. The molecule has 0 bridgehead atoms. The van der Waals surface area contributed by atoms with Gasteiger partial charge < -0.3 is 19.7 Å². The Kier molecular flexibility index (Phi) is 10.9. The number of hydrogen-bond donors (Lipinski definition) is 1. The number of benzene rings is 2. The number of hydrogen-bond acceptors (Lipinski definition) is 4. The summed E-state index contributed by atoms with van der Waals surface area (Å²) >= 11 is 6.31. The fraction of sp³-hybridized carbons (Fsp3) is 0.440. The zero-order chi connectivity index (χ0) is 23.3. The number of nitrogens with one attached hydrogen (secondary N) is 1. The van der Waals surface area contributed by atoms with E-state index in [-0.39, 0.29) is 24.8 Å². The van der Waals surface area contributed by atoms with Crippen molar-refractivity contribution in [2.75, 3.05) is 20.3 Å². The van der Waals surface area contributed by atoms with Crippen LogP contribution in [0.15, 0.2) is 48.5 Å². The Balaban J connectivity index is 1.97. The predicted molar refractivity (Wildman–Crippen MR) is 127 cm³/mol. The molecular weight excluding hydrogens is 428 g/mol. The third-order valence-corrected chi connectivity index (χ3v) is 5.53. The lowest BCUT2D eigenvalue weighted by Gasteiger charge is -2.29. The van der Waals surface area contributed by atoms with Crippen LogP contribution in [0.25, 0.3) is 0 Å². The Hall–Kier alpha value is -2.73. The van der Waals surface area contributed by atoms with Crippen molar-refractivity contribution < 1.29 is 19.1 Å². The number of nitrogens with zero attached hydrogens (tertiary/aromatic N) is 1. The Morgan fingerprint density at radius 3 is 2.41 bits per heavy atom. The fourth-order valence-corrected chi connectivity index (χ4v) is 3.35. The minimum absolute atomic E-state index is 0.110. The number of carbonyl (C=O) groups excluding carboxylic acids is 2. The number of halogens is 1. The zero-order valence-corrected chi connectivity index (χ0v) is 19.9. The Bertz CT molecular complexity index is 857. The summed E-state index contributed by atoms with van der Waals surface area (Å²) in [6.45, 7) is 5.10. The first-order valence-electron chi connectivity index (χ1n) is 11.0. The second-order valence-corrected chi connectivity index (χ2v) is 7.97. The van der Waals surface area contributed by atoms with E-state index < -0.39 is 6.04 Å². The molecule has 2 rings (SSSR count).